The Labute approximate surface area is 253 Å². The van der Waals surface area contributed by atoms with E-state index in [-0.39, 0.29) is 28.3 Å². The SMILES string of the molecule is CCOc1ccc(C(=O)Oc2ccc(C=NNC(=O)c3[nH]c4c(F)cccc4c3-c3ccccc3)cc2OC)cc1OCC. The number of hydrogen-bond donors (Lipinski definition) is 2. The molecule has 0 atom stereocenters. The molecule has 0 unspecified atom stereocenters. The molecular formula is C34H30FN3O6. The molecule has 224 valence electrons. The van der Waals surface area contributed by atoms with Crippen LogP contribution in [0.3, 0.4) is 0 Å². The summed E-state index contributed by atoms with van der Waals surface area (Å²) in [6, 6.07) is 23.6. The van der Waals surface area contributed by atoms with Gasteiger partial charge in [0.25, 0.3) is 5.91 Å². The molecule has 5 aromatic rings. The lowest BCUT2D eigenvalue weighted by Crippen LogP contribution is -2.19. The molecule has 4 aromatic carbocycles. The standard InChI is InChI=1S/C34H30FN3O6/c1-4-42-26-17-15-23(19-29(26)43-5-2)34(40)44-27-16-14-21(18-28(27)41-3)20-36-38-33(39)32-30(22-10-7-6-8-11-22)24-12-9-13-25(35)31(24)37-32/h6-20,37H,4-5H2,1-3H3,(H,38,39). The maximum atomic E-state index is 14.6. The van der Waals surface area contributed by atoms with E-state index in [0.717, 1.165) is 5.56 Å². The van der Waals surface area contributed by atoms with E-state index in [2.05, 4.69) is 15.5 Å². The van der Waals surface area contributed by atoms with Crippen molar-refractivity contribution in [3.63, 3.8) is 0 Å². The Bertz CT molecular complexity index is 1830. The van der Waals surface area contributed by atoms with Gasteiger partial charge in [0.05, 0.1) is 37.6 Å². The summed E-state index contributed by atoms with van der Waals surface area (Å²) in [5.41, 5.74) is 5.08. The van der Waals surface area contributed by atoms with Gasteiger partial charge in [0, 0.05) is 10.9 Å². The third-order valence-corrected chi connectivity index (χ3v) is 6.62. The molecule has 1 amide bonds. The van der Waals surface area contributed by atoms with Crippen molar-refractivity contribution in [1.82, 2.24) is 10.4 Å². The first-order chi connectivity index (χ1) is 21.4. The highest BCUT2D eigenvalue weighted by molar-refractivity contribution is 6.10. The number of fused-ring (bicyclic) bond motifs is 1. The van der Waals surface area contributed by atoms with Crippen molar-refractivity contribution in [1.29, 1.82) is 0 Å². The van der Waals surface area contributed by atoms with Gasteiger partial charge in [-0.15, -0.1) is 0 Å². The minimum absolute atomic E-state index is 0.176. The Kier molecular flexibility index (Phi) is 9.19. The van der Waals surface area contributed by atoms with Crippen molar-refractivity contribution in [2.75, 3.05) is 20.3 Å². The number of carbonyl (C=O) groups excluding carboxylic acids is 2. The highest BCUT2D eigenvalue weighted by Gasteiger charge is 2.21. The van der Waals surface area contributed by atoms with Gasteiger partial charge in [-0.1, -0.05) is 42.5 Å². The zero-order chi connectivity index (χ0) is 31.1. The summed E-state index contributed by atoms with van der Waals surface area (Å²) >= 11 is 0. The second kappa shape index (κ2) is 13.6. The van der Waals surface area contributed by atoms with Crippen LogP contribution in [-0.2, 0) is 0 Å². The van der Waals surface area contributed by atoms with Crippen LogP contribution in [0.25, 0.3) is 22.0 Å². The first-order valence-corrected chi connectivity index (χ1v) is 13.9. The second-order valence-corrected chi connectivity index (χ2v) is 9.43. The van der Waals surface area contributed by atoms with Gasteiger partial charge < -0.3 is 23.9 Å². The molecule has 5 rings (SSSR count). The van der Waals surface area contributed by atoms with E-state index in [4.69, 9.17) is 18.9 Å². The number of amides is 1. The molecular weight excluding hydrogens is 565 g/mol. The molecule has 0 saturated heterocycles. The van der Waals surface area contributed by atoms with Gasteiger partial charge in [0.2, 0.25) is 0 Å². The van der Waals surface area contributed by atoms with Crippen molar-refractivity contribution >= 4 is 29.0 Å². The van der Waals surface area contributed by atoms with Crippen LogP contribution in [0.15, 0.2) is 90.0 Å². The van der Waals surface area contributed by atoms with Crippen LogP contribution in [-0.4, -0.2) is 43.4 Å². The minimum atomic E-state index is -0.607. The molecule has 0 aliphatic rings. The van der Waals surface area contributed by atoms with Crippen molar-refractivity contribution < 1.29 is 32.9 Å². The molecule has 9 nitrogen and oxygen atoms in total. The first kappa shape index (κ1) is 29.8. The van der Waals surface area contributed by atoms with E-state index in [1.807, 2.05) is 44.2 Å². The van der Waals surface area contributed by atoms with Crippen LogP contribution < -0.4 is 24.4 Å². The number of aromatic amines is 1. The molecule has 10 heteroatoms. The van der Waals surface area contributed by atoms with Crippen LogP contribution in [0, 0.1) is 5.82 Å². The van der Waals surface area contributed by atoms with Gasteiger partial charge in [-0.05, 0) is 67.4 Å². The highest BCUT2D eigenvalue weighted by Crippen LogP contribution is 2.34. The van der Waals surface area contributed by atoms with Crippen LogP contribution in [0.1, 0.15) is 40.3 Å². The fraction of sp³-hybridized carbons (Fsp3) is 0.147. The van der Waals surface area contributed by atoms with Gasteiger partial charge in [-0.2, -0.15) is 5.10 Å². The van der Waals surface area contributed by atoms with E-state index < -0.39 is 17.7 Å². The molecule has 0 spiro atoms. The quantitative estimate of drug-likeness (QED) is 0.0755. The number of benzene rings is 4. The van der Waals surface area contributed by atoms with Crippen molar-refractivity contribution in [3.8, 4) is 34.1 Å². The summed E-state index contributed by atoms with van der Waals surface area (Å²) in [5, 5.41) is 4.66. The number of esters is 1. The number of rotatable bonds is 11. The van der Waals surface area contributed by atoms with Crippen molar-refractivity contribution in [2.24, 2.45) is 5.10 Å². The molecule has 0 aliphatic heterocycles. The normalized spacial score (nSPS) is 11.0. The zero-order valence-electron chi connectivity index (χ0n) is 24.3. The van der Waals surface area contributed by atoms with E-state index >= 15 is 0 Å². The number of para-hydroxylation sites is 1. The van der Waals surface area contributed by atoms with E-state index in [9.17, 15) is 14.0 Å². The predicted octanol–water partition coefficient (Wildman–Crippen LogP) is 6.76. The molecule has 0 radical (unpaired) electrons. The van der Waals surface area contributed by atoms with Gasteiger partial charge in [0.15, 0.2) is 23.0 Å². The predicted molar refractivity (Wildman–Crippen MR) is 165 cm³/mol. The van der Waals surface area contributed by atoms with Crippen LogP contribution >= 0.6 is 0 Å². The largest absolute Gasteiger partial charge is 0.493 e. The molecule has 1 aromatic heterocycles. The smallest absolute Gasteiger partial charge is 0.343 e. The fourth-order valence-corrected chi connectivity index (χ4v) is 4.66. The van der Waals surface area contributed by atoms with Gasteiger partial charge in [-0.3, -0.25) is 4.79 Å². The molecule has 2 N–H and O–H groups in total. The number of ether oxygens (including phenoxy) is 4. The number of hydrazone groups is 1. The van der Waals surface area contributed by atoms with Crippen molar-refractivity contribution in [2.45, 2.75) is 13.8 Å². The minimum Gasteiger partial charge on any atom is -0.493 e. The van der Waals surface area contributed by atoms with Crippen LogP contribution in [0.4, 0.5) is 4.39 Å². The number of H-pyrrole nitrogens is 1. The molecule has 0 aliphatic carbocycles. The van der Waals surface area contributed by atoms with Gasteiger partial charge in [0.1, 0.15) is 11.5 Å². The molecule has 0 bridgehead atoms. The lowest BCUT2D eigenvalue weighted by molar-refractivity contribution is 0.0728. The third kappa shape index (κ3) is 6.39. The fourth-order valence-electron chi connectivity index (χ4n) is 4.66. The van der Waals surface area contributed by atoms with Crippen molar-refractivity contribution in [3.05, 3.63) is 108 Å². The summed E-state index contributed by atoms with van der Waals surface area (Å²) in [5.74, 6) is -0.169. The highest BCUT2D eigenvalue weighted by atomic mass is 19.1. The summed E-state index contributed by atoms with van der Waals surface area (Å²) in [6.07, 6.45) is 1.41. The summed E-state index contributed by atoms with van der Waals surface area (Å²) in [4.78, 5) is 29.0. The van der Waals surface area contributed by atoms with E-state index in [1.54, 1.807) is 48.5 Å². The van der Waals surface area contributed by atoms with Crippen LogP contribution in [0.5, 0.6) is 23.0 Å². The first-order valence-electron chi connectivity index (χ1n) is 13.9. The third-order valence-electron chi connectivity index (χ3n) is 6.62. The van der Waals surface area contributed by atoms with Crippen LogP contribution in [0.2, 0.25) is 0 Å². The molecule has 44 heavy (non-hydrogen) atoms. The Morgan fingerprint density at radius 1 is 0.864 bits per heavy atom. The molecule has 0 saturated carbocycles. The lowest BCUT2D eigenvalue weighted by atomic mass is 10.0. The number of aromatic nitrogens is 1. The maximum absolute atomic E-state index is 14.6. The Morgan fingerprint density at radius 3 is 2.36 bits per heavy atom. The second-order valence-electron chi connectivity index (χ2n) is 9.43. The molecule has 1 heterocycles. The monoisotopic (exact) mass is 595 g/mol. The molecule has 0 fully saturated rings. The number of methoxy groups -OCH3 is 1. The number of carbonyl (C=O) groups is 2. The topological polar surface area (TPSA) is 111 Å². The average molecular weight is 596 g/mol. The Hall–Kier alpha value is -5.64. The average Bonchev–Trinajstić information content (AvgIpc) is 3.44. The van der Waals surface area contributed by atoms with E-state index in [0.29, 0.717) is 41.2 Å². The van der Waals surface area contributed by atoms with E-state index in [1.165, 1.54) is 19.4 Å². The number of nitrogens with zero attached hydrogens (tertiary/aromatic N) is 1. The summed E-state index contributed by atoms with van der Waals surface area (Å²) < 4.78 is 36.7. The summed E-state index contributed by atoms with van der Waals surface area (Å²) in [7, 11) is 1.44. The Balaban J connectivity index is 1.32. The van der Waals surface area contributed by atoms with Gasteiger partial charge >= 0.3 is 5.97 Å². The maximum Gasteiger partial charge on any atom is 0.343 e. The zero-order valence-corrected chi connectivity index (χ0v) is 24.3. The Morgan fingerprint density at radius 2 is 1.61 bits per heavy atom. The van der Waals surface area contributed by atoms with Gasteiger partial charge in [-0.25, -0.2) is 14.6 Å². The number of hydrogen-bond acceptors (Lipinski definition) is 7. The number of nitrogens with one attached hydrogen (secondary N) is 2. The number of halogens is 1. The lowest BCUT2D eigenvalue weighted by Gasteiger charge is -2.13. The summed E-state index contributed by atoms with van der Waals surface area (Å²) in [6.45, 7) is 4.56.